The minimum Gasteiger partial charge on any atom is -0.481 e. The molecule has 0 spiro atoms. The van der Waals surface area contributed by atoms with Gasteiger partial charge in [0.15, 0.2) is 0 Å². The number of carbonyl (C=O) groups is 3. The van der Waals surface area contributed by atoms with Crippen LogP contribution in [0.1, 0.15) is 25.7 Å². The summed E-state index contributed by atoms with van der Waals surface area (Å²) in [5.41, 5.74) is 0. The topological polar surface area (TPSA) is 164 Å². The largest absolute Gasteiger partial charge is 0.481 e. The fourth-order valence-electron chi connectivity index (χ4n) is 0.837. The molecule has 0 radical (unpaired) electrons. The lowest BCUT2D eigenvalue weighted by atomic mass is 10.2. The van der Waals surface area contributed by atoms with Crippen LogP contribution in [0.15, 0.2) is 12.2 Å². The van der Waals surface area contributed by atoms with E-state index in [4.69, 9.17) is 15.3 Å². The van der Waals surface area contributed by atoms with E-state index in [1.165, 1.54) is 0 Å². The predicted octanol–water partition coefficient (Wildman–Crippen LogP) is 0.551. The van der Waals surface area contributed by atoms with Gasteiger partial charge in [-0.15, -0.1) is 10.1 Å². The van der Waals surface area contributed by atoms with Crippen LogP contribution < -0.4 is 0 Å². The van der Waals surface area contributed by atoms with Crippen molar-refractivity contribution in [1.29, 1.82) is 0 Å². The van der Waals surface area contributed by atoms with Crippen molar-refractivity contribution in [1.82, 2.24) is 0 Å². The second kappa shape index (κ2) is 12.8. The Morgan fingerprint density at radius 3 is 1.85 bits per heavy atom. The first-order valence-electron chi connectivity index (χ1n) is 5.38. The van der Waals surface area contributed by atoms with Crippen LogP contribution >= 0.6 is 0 Å². The minimum atomic E-state index is -1.26. The first-order valence-corrected chi connectivity index (χ1v) is 5.38. The molecule has 0 atom stereocenters. The van der Waals surface area contributed by atoms with E-state index in [0.29, 0.717) is 31.4 Å². The van der Waals surface area contributed by atoms with Gasteiger partial charge in [0.1, 0.15) is 0 Å². The number of carboxylic acids is 3. The summed E-state index contributed by atoms with van der Waals surface area (Å²) in [5.74, 6) is -3.36. The van der Waals surface area contributed by atoms with E-state index in [0.717, 1.165) is 0 Å². The number of carboxylic acid groups (broad SMARTS) is 3. The number of unbranched alkanes of at least 4 members (excludes halogenated alkanes) is 2. The summed E-state index contributed by atoms with van der Waals surface area (Å²) in [7, 11) is 0. The second-order valence-corrected chi connectivity index (χ2v) is 3.27. The molecule has 0 aliphatic rings. The number of hydrogen-bond acceptors (Lipinski definition) is 6. The molecule has 0 bridgehead atoms. The molecule has 10 heteroatoms. The third-order valence-electron chi connectivity index (χ3n) is 1.60. The van der Waals surface area contributed by atoms with Gasteiger partial charge in [-0.1, -0.05) is 6.42 Å². The third-order valence-corrected chi connectivity index (χ3v) is 1.60. The van der Waals surface area contributed by atoms with Gasteiger partial charge in [0.05, 0.1) is 6.61 Å². The van der Waals surface area contributed by atoms with Crippen LogP contribution in [0.2, 0.25) is 0 Å². The predicted molar refractivity (Wildman–Crippen MR) is 63.5 cm³/mol. The molecule has 0 rings (SSSR count). The van der Waals surface area contributed by atoms with Crippen LogP contribution in [0.25, 0.3) is 0 Å². The molecular formula is C10H15NO9. The van der Waals surface area contributed by atoms with Crippen molar-refractivity contribution in [2.24, 2.45) is 0 Å². The molecule has 10 nitrogen and oxygen atoms in total. The number of hydrogen-bond donors (Lipinski definition) is 3. The highest BCUT2D eigenvalue weighted by atomic mass is 16.9. The minimum absolute atomic E-state index is 0.0482. The fraction of sp³-hybridized carbons (Fsp3) is 0.500. The Balaban J connectivity index is 0. The summed E-state index contributed by atoms with van der Waals surface area (Å²) >= 11 is 0. The SMILES string of the molecule is O=C(O)/C=C\C(=O)O.O=C(O)CCCCCO[N+](=O)[O-]. The van der Waals surface area contributed by atoms with Gasteiger partial charge < -0.3 is 20.2 Å². The quantitative estimate of drug-likeness (QED) is 0.238. The van der Waals surface area contributed by atoms with Crippen molar-refractivity contribution < 1.29 is 39.6 Å². The normalized spacial score (nSPS) is 9.40. The van der Waals surface area contributed by atoms with Crippen LogP contribution in [0, 0.1) is 10.1 Å². The standard InChI is InChI=1S/C6H11NO5.C4H4O4/c8-6(9)4-2-1-3-5-12-7(10)11;5-3(6)1-2-4(7)8/h1-5H2,(H,8,9);1-2H,(H,5,6)(H,7,8)/b;2-1-. The van der Waals surface area contributed by atoms with Crippen molar-refractivity contribution in [3.63, 3.8) is 0 Å². The van der Waals surface area contributed by atoms with E-state index in [-0.39, 0.29) is 13.0 Å². The van der Waals surface area contributed by atoms with Crippen LogP contribution in [0.5, 0.6) is 0 Å². The summed E-state index contributed by atoms with van der Waals surface area (Å²) in [6.45, 7) is 0.0482. The molecule has 0 aromatic carbocycles. The Morgan fingerprint density at radius 2 is 1.50 bits per heavy atom. The Morgan fingerprint density at radius 1 is 1.00 bits per heavy atom. The van der Waals surface area contributed by atoms with Crippen molar-refractivity contribution in [2.45, 2.75) is 25.7 Å². The maximum atomic E-state index is 10.0. The highest BCUT2D eigenvalue weighted by Crippen LogP contribution is 1.99. The average Bonchev–Trinajstić information content (AvgIpc) is 2.31. The van der Waals surface area contributed by atoms with Crippen molar-refractivity contribution >= 4 is 17.9 Å². The number of aliphatic carboxylic acids is 3. The van der Waals surface area contributed by atoms with Crippen LogP contribution in [-0.2, 0) is 19.2 Å². The molecule has 0 aromatic heterocycles. The molecule has 0 aromatic rings. The van der Waals surface area contributed by atoms with Gasteiger partial charge in [-0.05, 0) is 12.8 Å². The molecule has 0 saturated heterocycles. The zero-order chi connectivity index (χ0) is 16.0. The van der Waals surface area contributed by atoms with Crippen LogP contribution in [0.4, 0.5) is 0 Å². The molecule has 20 heavy (non-hydrogen) atoms. The Hall–Kier alpha value is -2.65. The fourth-order valence-corrected chi connectivity index (χ4v) is 0.837. The van der Waals surface area contributed by atoms with Crippen molar-refractivity contribution in [2.75, 3.05) is 6.61 Å². The van der Waals surface area contributed by atoms with E-state index < -0.39 is 23.0 Å². The Labute approximate surface area is 113 Å². The van der Waals surface area contributed by atoms with Crippen molar-refractivity contribution in [3.8, 4) is 0 Å². The summed E-state index contributed by atoms with van der Waals surface area (Å²) in [4.78, 5) is 42.8. The smallest absolute Gasteiger partial charge is 0.328 e. The molecule has 0 aliphatic carbocycles. The lowest BCUT2D eigenvalue weighted by Crippen LogP contribution is -2.02. The molecule has 114 valence electrons. The van der Waals surface area contributed by atoms with E-state index in [9.17, 15) is 24.5 Å². The van der Waals surface area contributed by atoms with E-state index >= 15 is 0 Å². The highest BCUT2D eigenvalue weighted by molar-refractivity contribution is 5.89. The molecule has 0 fully saturated rings. The van der Waals surface area contributed by atoms with Gasteiger partial charge in [0.25, 0.3) is 5.09 Å². The van der Waals surface area contributed by atoms with Crippen molar-refractivity contribution in [3.05, 3.63) is 22.3 Å². The van der Waals surface area contributed by atoms with Crippen LogP contribution in [0.3, 0.4) is 0 Å². The van der Waals surface area contributed by atoms with Gasteiger partial charge in [-0.3, -0.25) is 4.79 Å². The van der Waals surface area contributed by atoms with E-state index in [2.05, 4.69) is 4.84 Å². The summed E-state index contributed by atoms with van der Waals surface area (Å²) < 4.78 is 0. The maximum absolute atomic E-state index is 10.0. The van der Waals surface area contributed by atoms with Gasteiger partial charge >= 0.3 is 17.9 Å². The summed E-state index contributed by atoms with van der Waals surface area (Å²) in [6, 6.07) is 0. The monoisotopic (exact) mass is 293 g/mol. The lowest BCUT2D eigenvalue weighted by Gasteiger charge is -1.97. The van der Waals surface area contributed by atoms with E-state index in [1.807, 2.05) is 0 Å². The zero-order valence-corrected chi connectivity index (χ0v) is 10.4. The summed E-state index contributed by atoms with van der Waals surface area (Å²) in [6.07, 6.45) is 2.92. The summed E-state index contributed by atoms with van der Waals surface area (Å²) in [5, 5.41) is 32.6. The first kappa shape index (κ1) is 19.7. The van der Waals surface area contributed by atoms with Gasteiger partial charge in [-0.2, -0.15) is 0 Å². The second-order valence-electron chi connectivity index (χ2n) is 3.27. The van der Waals surface area contributed by atoms with Gasteiger partial charge in [0, 0.05) is 18.6 Å². The van der Waals surface area contributed by atoms with Gasteiger partial charge in [-0.25, -0.2) is 9.59 Å². The maximum Gasteiger partial charge on any atom is 0.328 e. The van der Waals surface area contributed by atoms with Gasteiger partial charge in [0.2, 0.25) is 0 Å². The number of nitrogens with zero attached hydrogens (tertiary/aromatic N) is 1. The molecule has 0 amide bonds. The van der Waals surface area contributed by atoms with Crippen LogP contribution in [-0.4, -0.2) is 44.9 Å². The average molecular weight is 293 g/mol. The molecule has 0 aliphatic heterocycles. The zero-order valence-electron chi connectivity index (χ0n) is 10.4. The molecule has 0 unspecified atom stereocenters. The Kier molecular flexibility index (Phi) is 12.6. The third kappa shape index (κ3) is 24.5. The molecule has 0 heterocycles. The lowest BCUT2D eigenvalue weighted by molar-refractivity contribution is -0.757. The molecule has 0 saturated carbocycles. The Bertz CT molecular complexity index is 330. The molecular weight excluding hydrogens is 278 g/mol. The highest BCUT2D eigenvalue weighted by Gasteiger charge is 1.97. The molecule has 3 N–H and O–H groups in total. The number of rotatable bonds is 9. The van der Waals surface area contributed by atoms with E-state index in [1.54, 1.807) is 0 Å². The first-order chi connectivity index (χ1) is 9.25.